The lowest BCUT2D eigenvalue weighted by molar-refractivity contribution is 0.0600. The highest BCUT2D eigenvalue weighted by atomic mass is 19.1. The first-order valence-corrected chi connectivity index (χ1v) is 8.40. The molecule has 1 aromatic rings. The molecule has 0 amide bonds. The summed E-state index contributed by atoms with van der Waals surface area (Å²) in [5, 5.41) is 0. The Hall–Kier alpha value is -2.84. The first kappa shape index (κ1) is 15.7. The molecular formula is C21H18FNO2. The number of ether oxygens (including phenoxy) is 1. The van der Waals surface area contributed by atoms with Crippen LogP contribution in [0, 0.1) is 0 Å². The van der Waals surface area contributed by atoms with Gasteiger partial charge in [-0.25, -0.2) is 9.18 Å². The number of esters is 1. The molecule has 0 aromatic heterocycles. The van der Waals surface area contributed by atoms with Crippen LogP contribution in [0.1, 0.15) is 35.2 Å². The van der Waals surface area contributed by atoms with Crippen molar-refractivity contribution in [3.05, 3.63) is 76.5 Å². The van der Waals surface area contributed by atoms with Crippen LogP contribution in [-0.2, 0) is 4.74 Å². The number of fused-ring (bicyclic) bond motifs is 1. The van der Waals surface area contributed by atoms with Gasteiger partial charge in [-0.2, -0.15) is 0 Å². The maximum Gasteiger partial charge on any atom is 0.337 e. The minimum absolute atomic E-state index is 0.225. The van der Waals surface area contributed by atoms with Gasteiger partial charge < -0.3 is 9.64 Å². The zero-order chi connectivity index (χ0) is 17.4. The second-order valence-corrected chi connectivity index (χ2v) is 6.33. The van der Waals surface area contributed by atoms with Gasteiger partial charge in [0.15, 0.2) is 0 Å². The van der Waals surface area contributed by atoms with Gasteiger partial charge in [-0.05, 0) is 55.7 Å². The van der Waals surface area contributed by atoms with Crippen LogP contribution in [0.4, 0.5) is 10.1 Å². The van der Waals surface area contributed by atoms with Crippen molar-refractivity contribution in [2.75, 3.05) is 12.0 Å². The van der Waals surface area contributed by atoms with Crippen molar-refractivity contribution in [3.8, 4) is 0 Å². The monoisotopic (exact) mass is 335 g/mol. The van der Waals surface area contributed by atoms with Gasteiger partial charge in [0.2, 0.25) is 0 Å². The van der Waals surface area contributed by atoms with Gasteiger partial charge in [0.1, 0.15) is 5.83 Å². The number of nitrogens with zero attached hydrogens (tertiary/aromatic N) is 1. The fourth-order valence-corrected chi connectivity index (χ4v) is 3.18. The summed E-state index contributed by atoms with van der Waals surface area (Å²) in [5.74, 6) is -0.581. The molecule has 1 aromatic carbocycles. The largest absolute Gasteiger partial charge is 0.465 e. The molecule has 3 nitrogen and oxygen atoms in total. The number of hydrogen-bond acceptors (Lipinski definition) is 3. The Kier molecular flexibility index (Phi) is 3.90. The summed E-state index contributed by atoms with van der Waals surface area (Å²) in [6.07, 6.45) is 11.7. The van der Waals surface area contributed by atoms with E-state index in [2.05, 4.69) is 10.6 Å². The van der Waals surface area contributed by atoms with Gasteiger partial charge in [-0.15, -0.1) is 0 Å². The molecule has 1 aliphatic heterocycles. The van der Waals surface area contributed by atoms with Gasteiger partial charge in [0.25, 0.3) is 0 Å². The molecule has 0 N–H and O–H groups in total. The standard InChI is InChI=1S/C21H18FNO2/c1-25-21(24)16-7-11-20-15(12-16)6-10-19(23(20)18-8-9-18)14-4-2-3-5-17(22)13-14/h2,4-7,11-13,18H,3,8-9H2,1H3. The Morgan fingerprint density at radius 3 is 2.96 bits per heavy atom. The number of rotatable bonds is 3. The van der Waals surface area contributed by atoms with E-state index in [-0.39, 0.29) is 11.8 Å². The van der Waals surface area contributed by atoms with Gasteiger partial charge in [0.05, 0.1) is 18.4 Å². The third-order valence-corrected chi connectivity index (χ3v) is 4.54. The van der Waals surface area contributed by atoms with Crippen LogP contribution in [0.2, 0.25) is 0 Å². The van der Waals surface area contributed by atoms with Gasteiger partial charge in [-0.3, -0.25) is 0 Å². The summed E-state index contributed by atoms with van der Waals surface area (Å²) in [6, 6.07) is 5.92. The van der Waals surface area contributed by atoms with Crippen LogP contribution in [0.25, 0.3) is 6.08 Å². The molecule has 3 aliphatic rings. The molecule has 4 heteroatoms. The number of benzene rings is 1. The Morgan fingerprint density at radius 1 is 1.36 bits per heavy atom. The van der Waals surface area contributed by atoms with E-state index in [1.54, 1.807) is 18.2 Å². The topological polar surface area (TPSA) is 29.5 Å². The lowest BCUT2D eigenvalue weighted by atomic mass is 10.0. The molecule has 0 bridgehead atoms. The molecule has 0 radical (unpaired) electrons. The average Bonchev–Trinajstić information content (AvgIpc) is 3.47. The molecule has 0 saturated heterocycles. The van der Waals surface area contributed by atoms with E-state index in [1.807, 2.05) is 30.4 Å². The van der Waals surface area contributed by atoms with Crippen molar-refractivity contribution in [1.82, 2.24) is 0 Å². The Morgan fingerprint density at radius 2 is 2.20 bits per heavy atom. The van der Waals surface area contributed by atoms with Gasteiger partial charge in [0, 0.05) is 22.9 Å². The third kappa shape index (κ3) is 2.97. The summed E-state index contributed by atoms with van der Waals surface area (Å²) in [5.41, 5.74) is 7.45. The summed E-state index contributed by atoms with van der Waals surface area (Å²) in [7, 11) is 1.37. The normalized spacial score (nSPS) is 18.8. The van der Waals surface area contributed by atoms with Gasteiger partial charge in [-0.1, -0.05) is 17.9 Å². The van der Waals surface area contributed by atoms with E-state index in [4.69, 9.17) is 4.74 Å². The number of allylic oxidation sites excluding steroid dienone is 5. The van der Waals surface area contributed by atoms with Crippen molar-refractivity contribution < 1.29 is 13.9 Å². The SMILES string of the molecule is COC(=O)c1ccc2c(c1)C=C=C(C1=CC(F)=CCC=C1)N2C1CC1. The summed E-state index contributed by atoms with van der Waals surface area (Å²) in [4.78, 5) is 14.0. The van der Waals surface area contributed by atoms with E-state index < -0.39 is 0 Å². The zero-order valence-corrected chi connectivity index (χ0v) is 14.0. The maximum absolute atomic E-state index is 13.9. The molecule has 1 heterocycles. The van der Waals surface area contributed by atoms with Crippen LogP contribution in [0.15, 0.2) is 65.3 Å². The molecule has 0 spiro atoms. The number of carbonyl (C=O) groups is 1. The Balaban J connectivity index is 1.81. The van der Waals surface area contributed by atoms with Crippen LogP contribution in [0.3, 0.4) is 0 Å². The predicted octanol–water partition coefficient (Wildman–Crippen LogP) is 4.69. The number of methoxy groups -OCH3 is 1. The fraction of sp³-hybridized carbons (Fsp3) is 0.238. The molecule has 2 aliphatic carbocycles. The number of halogens is 1. The molecule has 1 saturated carbocycles. The maximum atomic E-state index is 13.9. The predicted molar refractivity (Wildman–Crippen MR) is 95.8 cm³/mol. The molecule has 0 atom stereocenters. The molecule has 1 fully saturated rings. The first-order chi connectivity index (χ1) is 12.2. The summed E-state index contributed by atoms with van der Waals surface area (Å²) in [6.45, 7) is 0. The third-order valence-electron chi connectivity index (χ3n) is 4.54. The second-order valence-electron chi connectivity index (χ2n) is 6.33. The van der Waals surface area contributed by atoms with Crippen molar-refractivity contribution >= 4 is 17.7 Å². The lowest BCUT2D eigenvalue weighted by Crippen LogP contribution is -2.27. The van der Waals surface area contributed by atoms with E-state index in [0.29, 0.717) is 18.0 Å². The van der Waals surface area contributed by atoms with Crippen molar-refractivity contribution in [2.45, 2.75) is 25.3 Å². The smallest absolute Gasteiger partial charge is 0.337 e. The van der Waals surface area contributed by atoms with Crippen LogP contribution < -0.4 is 4.90 Å². The number of anilines is 1. The lowest BCUT2D eigenvalue weighted by Gasteiger charge is -2.30. The number of carbonyl (C=O) groups excluding carboxylic acids is 1. The van der Waals surface area contributed by atoms with E-state index in [1.165, 1.54) is 7.11 Å². The minimum atomic E-state index is -0.356. The van der Waals surface area contributed by atoms with E-state index in [0.717, 1.165) is 35.4 Å². The second kappa shape index (κ2) is 6.23. The average molecular weight is 335 g/mol. The highest BCUT2D eigenvalue weighted by molar-refractivity contribution is 5.92. The minimum Gasteiger partial charge on any atom is -0.465 e. The molecular weight excluding hydrogens is 317 g/mol. The van der Waals surface area contributed by atoms with Crippen LogP contribution in [-0.4, -0.2) is 19.1 Å². The fourth-order valence-electron chi connectivity index (χ4n) is 3.18. The van der Waals surface area contributed by atoms with Crippen molar-refractivity contribution in [3.63, 3.8) is 0 Å². The molecule has 4 rings (SSSR count). The summed E-state index contributed by atoms with van der Waals surface area (Å²) >= 11 is 0. The Labute approximate surface area is 146 Å². The molecule has 126 valence electrons. The zero-order valence-electron chi connectivity index (χ0n) is 14.0. The highest BCUT2D eigenvalue weighted by Gasteiger charge is 2.35. The Bertz CT molecular complexity index is 896. The molecule has 0 unspecified atom stereocenters. The quantitative estimate of drug-likeness (QED) is 0.593. The van der Waals surface area contributed by atoms with Crippen molar-refractivity contribution in [1.29, 1.82) is 0 Å². The highest BCUT2D eigenvalue weighted by Crippen LogP contribution is 2.41. The van der Waals surface area contributed by atoms with Crippen LogP contribution >= 0.6 is 0 Å². The van der Waals surface area contributed by atoms with Crippen molar-refractivity contribution in [2.24, 2.45) is 0 Å². The van der Waals surface area contributed by atoms with E-state index in [9.17, 15) is 9.18 Å². The molecule has 25 heavy (non-hydrogen) atoms. The van der Waals surface area contributed by atoms with Crippen LogP contribution in [0.5, 0.6) is 0 Å². The number of hydrogen-bond donors (Lipinski definition) is 0. The first-order valence-electron chi connectivity index (χ1n) is 8.40. The van der Waals surface area contributed by atoms with E-state index >= 15 is 0 Å². The summed E-state index contributed by atoms with van der Waals surface area (Å²) < 4.78 is 18.7. The van der Waals surface area contributed by atoms with Gasteiger partial charge >= 0.3 is 5.97 Å².